The van der Waals surface area contributed by atoms with Gasteiger partial charge >= 0.3 is 0 Å². The maximum absolute atomic E-state index is 12.7. The number of nitrogens with zero attached hydrogens (tertiary/aromatic N) is 2. The molecule has 0 bridgehead atoms. The molecule has 0 spiro atoms. The molecule has 1 aromatic heterocycles. The molecule has 25 heavy (non-hydrogen) atoms. The molecule has 1 fully saturated rings. The summed E-state index contributed by atoms with van der Waals surface area (Å²) < 4.78 is 5.44. The molecule has 1 aliphatic heterocycles. The summed E-state index contributed by atoms with van der Waals surface area (Å²) in [5, 5.41) is 3.86. The van der Waals surface area contributed by atoms with Gasteiger partial charge in [-0.2, -0.15) is 11.8 Å². The van der Waals surface area contributed by atoms with Gasteiger partial charge in [-0.15, -0.1) is 0 Å². The number of hydrogen-bond donors (Lipinski definition) is 1. The summed E-state index contributed by atoms with van der Waals surface area (Å²) in [5.41, 5.74) is 1.56. The molecule has 6 heteroatoms. The van der Waals surface area contributed by atoms with E-state index in [2.05, 4.69) is 17.1 Å². The first-order valence-electron chi connectivity index (χ1n) is 8.88. The van der Waals surface area contributed by atoms with Crippen molar-refractivity contribution in [3.63, 3.8) is 0 Å². The number of carbonyl (C=O) groups excluding carboxylic acids is 1. The third kappa shape index (κ3) is 4.64. The monoisotopic (exact) mass is 359 g/mol. The lowest BCUT2D eigenvalue weighted by Crippen LogP contribution is -2.33. The van der Waals surface area contributed by atoms with Crippen LogP contribution in [0.2, 0.25) is 0 Å². The molecule has 2 heterocycles. The van der Waals surface area contributed by atoms with Crippen LogP contribution in [-0.2, 0) is 4.74 Å². The molecule has 1 aromatic carbocycles. The van der Waals surface area contributed by atoms with E-state index in [0.29, 0.717) is 18.7 Å². The largest absolute Gasteiger partial charge is 0.380 e. The summed E-state index contributed by atoms with van der Waals surface area (Å²) in [5.74, 6) is 3.04. The molecular weight excluding hydrogens is 334 g/mol. The topological polar surface area (TPSA) is 54.5 Å². The maximum atomic E-state index is 12.7. The lowest BCUT2D eigenvalue weighted by Gasteiger charge is -2.28. The Bertz CT molecular complexity index is 717. The Morgan fingerprint density at radius 1 is 1.28 bits per heavy atom. The molecule has 0 radical (unpaired) electrons. The predicted octanol–water partition coefficient (Wildman–Crippen LogP) is 2.94. The van der Waals surface area contributed by atoms with Crippen LogP contribution in [0.25, 0.3) is 10.9 Å². The number of rotatable bonds is 7. The van der Waals surface area contributed by atoms with Gasteiger partial charge in [0, 0.05) is 43.1 Å². The highest BCUT2D eigenvalue weighted by Gasteiger charge is 2.17. The van der Waals surface area contributed by atoms with E-state index in [0.717, 1.165) is 54.3 Å². The van der Waals surface area contributed by atoms with Gasteiger partial charge in [0.05, 0.1) is 17.7 Å². The number of pyridine rings is 1. The van der Waals surface area contributed by atoms with Gasteiger partial charge in [0.2, 0.25) is 0 Å². The minimum Gasteiger partial charge on any atom is -0.380 e. The first-order chi connectivity index (χ1) is 12.3. The Morgan fingerprint density at radius 2 is 2.08 bits per heavy atom. The fourth-order valence-corrected chi connectivity index (χ4v) is 3.79. The van der Waals surface area contributed by atoms with Crippen molar-refractivity contribution >= 4 is 34.4 Å². The molecule has 1 aliphatic rings. The van der Waals surface area contributed by atoms with Crippen LogP contribution in [0.4, 0.5) is 5.82 Å². The van der Waals surface area contributed by atoms with Crippen molar-refractivity contribution in [1.29, 1.82) is 0 Å². The van der Waals surface area contributed by atoms with E-state index >= 15 is 0 Å². The van der Waals surface area contributed by atoms with E-state index in [1.54, 1.807) is 0 Å². The molecule has 2 aromatic rings. The number of hydrogen-bond acceptors (Lipinski definition) is 5. The number of amides is 1. The van der Waals surface area contributed by atoms with Crippen molar-refractivity contribution in [1.82, 2.24) is 10.3 Å². The zero-order valence-corrected chi connectivity index (χ0v) is 15.5. The minimum atomic E-state index is -0.0636. The molecule has 1 N–H and O–H groups in total. The van der Waals surface area contributed by atoms with E-state index in [-0.39, 0.29) is 5.91 Å². The molecule has 134 valence electrons. The second kappa shape index (κ2) is 9.06. The number of ether oxygens (including phenoxy) is 1. The Hall–Kier alpha value is -1.79. The van der Waals surface area contributed by atoms with Crippen molar-refractivity contribution in [2.45, 2.75) is 13.3 Å². The van der Waals surface area contributed by atoms with Crippen LogP contribution in [-0.4, -0.2) is 55.2 Å². The molecule has 1 amide bonds. The summed E-state index contributed by atoms with van der Waals surface area (Å²) in [4.78, 5) is 19.8. The first-order valence-corrected chi connectivity index (χ1v) is 10.0. The second-order valence-corrected chi connectivity index (χ2v) is 7.24. The molecule has 0 aliphatic carbocycles. The van der Waals surface area contributed by atoms with Gasteiger partial charge in [0.25, 0.3) is 5.91 Å². The lowest BCUT2D eigenvalue weighted by molar-refractivity contribution is 0.0917. The highest BCUT2D eigenvalue weighted by atomic mass is 32.2. The fraction of sp³-hybridized carbons (Fsp3) is 0.474. The highest BCUT2D eigenvalue weighted by molar-refractivity contribution is 7.99. The highest BCUT2D eigenvalue weighted by Crippen LogP contribution is 2.25. The summed E-state index contributed by atoms with van der Waals surface area (Å²) in [6, 6.07) is 9.77. The van der Waals surface area contributed by atoms with E-state index in [4.69, 9.17) is 9.72 Å². The lowest BCUT2D eigenvalue weighted by atomic mass is 10.1. The molecular formula is C19H25N3O2S. The van der Waals surface area contributed by atoms with Crippen molar-refractivity contribution in [3.8, 4) is 0 Å². The van der Waals surface area contributed by atoms with Crippen molar-refractivity contribution in [3.05, 3.63) is 35.9 Å². The van der Waals surface area contributed by atoms with Crippen LogP contribution in [0.5, 0.6) is 0 Å². The predicted molar refractivity (Wildman–Crippen MR) is 105 cm³/mol. The Balaban J connectivity index is 1.80. The number of thioether (sulfide) groups is 1. The van der Waals surface area contributed by atoms with Crippen LogP contribution < -0.4 is 10.2 Å². The quantitative estimate of drug-likeness (QED) is 0.771. The summed E-state index contributed by atoms with van der Waals surface area (Å²) in [7, 11) is 0. The van der Waals surface area contributed by atoms with E-state index in [1.165, 1.54) is 0 Å². The number of benzene rings is 1. The molecule has 5 nitrogen and oxygen atoms in total. The molecule has 3 rings (SSSR count). The summed E-state index contributed by atoms with van der Waals surface area (Å²) in [6.07, 6.45) is 0.987. The second-order valence-electron chi connectivity index (χ2n) is 6.01. The van der Waals surface area contributed by atoms with Crippen LogP contribution in [0.1, 0.15) is 23.7 Å². The van der Waals surface area contributed by atoms with E-state index < -0.39 is 0 Å². The zero-order chi connectivity index (χ0) is 17.5. The molecule has 0 unspecified atom stereocenters. The first kappa shape index (κ1) is 18.0. The maximum Gasteiger partial charge on any atom is 0.252 e. The van der Waals surface area contributed by atoms with Crippen LogP contribution in [0, 0.1) is 0 Å². The van der Waals surface area contributed by atoms with Crippen molar-refractivity contribution in [2.24, 2.45) is 0 Å². The Labute approximate surface area is 153 Å². The van der Waals surface area contributed by atoms with Crippen LogP contribution in [0.15, 0.2) is 30.3 Å². The van der Waals surface area contributed by atoms with Crippen LogP contribution in [0.3, 0.4) is 0 Å². The normalized spacial score (nSPS) is 14.7. The number of carbonyl (C=O) groups is 1. The Kier molecular flexibility index (Phi) is 6.53. The standard InChI is InChI=1S/C19H25N3O2S/c1-2-10-24-11-7-20-19(23)16-14-18(22-8-12-25-13-9-22)21-17-6-4-3-5-15(16)17/h3-6,14H,2,7-13H2,1H3,(H,20,23). The number of nitrogens with one attached hydrogen (secondary N) is 1. The third-order valence-electron chi connectivity index (χ3n) is 4.16. The van der Waals surface area contributed by atoms with Gasteiger partial charge in [0.15, 0.2) is 0 Å². The molecule has 0 saturated carbocycles. The van der Waals surface area contributed by atoms with Gasteiger partial charge in [-0.05, 0) is 18.6 Å². The summed E-state index contributed by atoms with van der Waals surface area (Å²) >= 11 is 1.96. The van der Waals surface area contributed by atoms with Crippen molar-refractivity contribution < 1.29 is 9.53 Å². The summed E-state index contributed by atoms with van der Waals surface area (Å²) in [6.45, 7) is 5.81. The van der Waals surface area contributed by atoms with E-state index in [9.17, 15) is 4.79 Å². The number of aromatic nitrogens is 1. The average molecular weight is 359 g/mol. The zero-order valence-electron chi connectivity index (χ0n) is 14.7. The molecule has 1 saturated heterocycles. The van der Waals surface area contributed by atoms with Gasteiger partial charge < -0.3 is 15.0 Å². The number of fused-ring (bicyclic) bond motifs is 1. The van der Waals surface area contributed by atoms with Crippen molar-refractivity contribution in [2.75, 3.05) is 49.3 Å². The Morgan fingerprint density at radius 3 is 2.88 bits per heavy atom. The SMILES string of the molecule is CCCOCCNC(=O)c1cc(N2CCSCC2)nc2ccccc12. The molecule has 0 atom stereocenters. The van der Waals surface area contributed by atoms with Gasteiger partial charge in [-0.1, -0.05) is 25.1 Å². The fourth-order valence-electron chi connectivity index (χ4n) is 2.88. The number of anilines is 1. The van der Waals surface area contributed by atoms with E-state index in [1.807, 2.05) is 42.1 Å². The van der Waals surface area contributed by atoms with Gasteiger partial charge in [0.1, 0.15) is 5.82 Å². The average Bonchev–Trinajstić information content (AvgIpc) is 2.67. The van der Waals surface area contributed by atoms with Gasteiger partial charge in [-0.3, -0.25) is 4.79 Å². The smallest absolute Gasteiger partial charge is 0.252 e. The van der Waals surface area contributed by atoms with Gasteiger partial charge in [-0.25, -0.2) is 4.98 Å². The van der Waals surface area contributed by atoms with Crippen LogP contribution >= 0.6 is 11.8 Å². The number of para-hydroxylation sites is 1. The third-order valence-corrected chi connectivity index (χ3v) is 5.11. The minimum absolute atomic E-state index is 0.0636.